The number of piperazine rings is 1. The van der Waals surface area contributed by atoms with E-state index < -0.39 is 0 Å². The van der Waals surface area contributed by atoms with Gasteiger partial charge in [-0.1, -0.05) is 12.1 Å². The Kier molecular flexibility index (Phi) is 4.17. The van der Waals surface area contributed by atoms with Gasteiger partial charge in [-0.2, -0.15) is 0 Å². The minimum absolute atomic E-state index is 0.129. The van der Waals surface area contributed by atoms with Gasteiger partial charge in [-0.05, 0) is 5.56 Å². The van der Waals surface area contributed by atoms with Gasteiger partial charge in [0.15, 0.2) is 0 Å². The molecule has 1 aromatic carbocycles. The highest BCUT2D eigenvalue weighted by Crippen LogP contribution is 2.23. The Morgan fingerprint density at radius 2 is 2.18 bits per heavy atom. The number of non-ortho nitro benzene ring substituents is 1. The zero-order valence-corrected chi connectivity index (χ0v) is 12.5. The second-order valence-electron chi connectivity index (χ2n) is 5.51. The summed E-state index contributed by atoms with van der Waals surface area (Å²) in [5.41, 5.74) is 1.21. The average Bonchev–Trinajstić information content (AvgIpc) is 2.94. The fourth-order valence-electron chi connectivity index (χ4n) is 2.85. The second kappa shape index (κ2) is 6.25. The Balaban J connectivity index is 1.77. The first-order valence-electron chi connectivity index (χ1n) is 7.30. The maximum Gasteiger partial charge on any atom is 0.269 e. The Bertz CT molecular complexity index is 652. The van der Waals surface area contributed by atoms with Crippen LogP contribution in [0.2, 0.25) is 0 Å². The Morgan fingerprint density at radius 1 is 1.41 bits per heavy atom. The smallest absolute Gasteiger partial charge is 0.269 e. The van der Waals surface area contributed by atoms with Crippen LogP contribution in [0, 0.1) is 10.1 Å². The molecule has 7 heteroatoms. The quantitative estimate of drug-likeness (QED) is 0.683. The number of rotatable bonds is 4. The van der Waals surface area contributed by atoms with E-state index in [2.05, 4.69) is 15.2 Å². The first-order chi connectivity index (χ1) is 10.6. The molecule has 1 N–H and O–H groups in total. The molecule has 1 aromatic heterocycles. The Hall–Kier alpha value is -2.25. The van der Waals surface area contributed by atoms with E-state index in [4.69, 9.17) is 0 Å². The summed E-state index contributed by atoms with van der Waals surface area (Å²) in [5.74, 6) is 1.04. The van der Waals surface area contributed by atoms with Crippen LogP contribution in [0.1, 0.15) is 17.4 Å². The molecule has 0 aliphatic carbocycles. The van der Waals surface area contributed by atoms with E-state index >= 15 is 0 Å². The lowest BCUT2D eigenvalue weighted by Gasteiger charge is -2.35. The van der Waals surface area contributed by atoms with Crippen LogP contribution in [-0.4, -0.2) is 39.0 Å². The van der Waals surface area contributed by atoms with Crippen LogP contribution in [0.25, 0.3) is 0 Å². The molecule has 0 bridgehead atoms. The third-order valence-electron chi connectivity index (χ3n) is 4.04. The molecule has 1 unspecified atom stereocenters. The van der Waals surface area contributed by atoms with Gasteiger partial charge in [0.05, 0.1) is 11.0 Å². The average molecular weight is 301 g/mol. The summed E-state index contributed by atoms with van der Waals surface area (Å²) >= 11 is 0. The van der Waals surface area contributed by atoms with Crippen molar-refractivity contribution < 1.29 is 4.92 Å². The van der Waals surface area contributed by atoms with Crippen molar-refractivity contribution in [3.63, 3.8) is 0 Å². The molecule has 22 heavy (non-hydrogen) atoms. The summed E-state index contributed by atoms with van der Waals surface area (Å²) in [6.45, 7) is 3.48. The van der Waals surface area contributed by atoms with Crippen molar-refractivity contribution in [3.05, 3.63) is 58.2 Å². The monoisotopic (exact) mass is 301 g/mol. The summed E-state index contributed by atoms with van der Waals surface area (Å²) in [7, 11) is 2.00. The van der Waals surface area contributed by atoms with Gasteiger partial charge < -0.3 is 9.88 Å². The Labute approximate surface area is 128 Å². The molecule has 116 valence electrons. The third-order valence-corrected chi connectivity index (χ3v) is 4.04. The topological polar surface area (TPSA) is 76.2 Å². The first-order valence-corrected chi connectivity index (χ1v) is 7.30. The van der Waals surface area contributed by atoms with Crippen LogP contribution in [0.5, 0.6) is 0 Å². The van der Waals surface area contributed by atoms with E-state index in [0.717, 1.165) is 37.6 Å². The SMILES string of the molecule is Cn1ccnc1C1CNCCN1Cc1ccc([N+](=O)[O-])cc1. The number of nitro benzene ring substituents is 1. The summed E-state index contributed by atoms with van der Waals surface area (Å²) in [6.07, 6.45) is 3.77. The van der Waals surface area contributed by atoms with Crippen molar-refractivity contribution in [1.82, 2.24) is 19.8 Å². The molecule has 0 amide bonds. The van der Waals surface area contributed by atoms with Gasteiger partial charge >= 0.3 is 0 Å². The maximum absolute atomic E-state index is 10.7. The highest BCUT2D eigenvalue weighted by Gasteiger charge is 2.26. The van der Waals surface area contributed by atoms with Crippen molar-refractivity contribution in [2.45, 2.75) is 12.6 Å². The summed E-state index contributed by atoms with van der Waals surface area (Å²) in [5, 5.41) is 14.1. The summed E-state index contributed by atoms with van der Waals surface area (Å²) in [6, 6.07) is 7.00. The van der Waals surface area contributed by atoms with Crippen molar-refractivity contribution in [2.24, 2.45) is 7.05 Å². The fraction of sp³-hybridized carbons (Fsp3) is 0.400. The van der Waals surface area contributed by atoms with Gasteiger partial charge in [0, 0.05) is 57.8 Å². The van der Waals surface area contributed by atoms with E-state index in [1.54, 1.807) is 12.1 Å². The lowest BCUT2D eigenvalue weighted by Crippen LogP contribution is -2.46. The van der Waals surface area contributed by atoms with Crippen LogP contribution in [-0.2, 0) is 13.6 Å². The molecular formula is C15H19N5O2. The summed E-state index contributed by atoms with van der Waals surface area (Å²) in [4.78, 5) is 17.2. The number of nitrogens with one attached hydrogen (secondary N) is 1. The van der Waals surface area contributed by atoms with Crippen molar-refractivity contribution >= 4 is 5.69 Å². The molecule has 0 spiro atoms. The molecule has 1 atom stereocenters. The van der Waals surface area contributed by atoms with E-state index in [1.165, 1.54) is 0 Å². The van der Waals surface area contributed by atoms with Crippen LogP contribution in [0.3, 0.4) is 0 Å². The molecular weight excluding hydrogens is 282 g/mol. The standard InChI is InChI=1S/C15H19N5O2/c1-18-8-7-17-15(18)14-10-16-6-9-19(14)11-12-2-4-13(5-3-12)20(21)22/h2-5,7-8,14,16H,6,9-11H2,1H3. The van der Waals surface area contributed by atoms with Crippen molar-refractivity contribution in [2.75, 3.05) is 19.6 Å². The predicted molar refractivity (Wildman–Crippen MR) is 82.3 cm³/mol. The molecule has 0 radical (unpaired) electrons. The van der Waals surface area contributed by atoms with Gasteiger partial charge in [0.2, 0.25) is 0 Å². The van der Waals surface area contributed by atoms with Crippen LogP contribution in [0.15, 0.2) is 36.7 Å². The van der Waals surface area contributed by atoms with E-state index in [-0.39, 0.29) is 16.7 Å². The molecule has 1 fully saturated rings. The van der Waals surface area contributed by atoms with Gasteiger partial charge in [-0.15, -0.1) is 0 Å². The van der Waals surface area contributed by atoms with Crippen LogP contribution in [0.4, 0.5) is 5.69 Å². The maximum atomic E-state index is 10.7. The number of aromatic nitrogens is 2. The zero-order valence-electron chi connectivity index (χ0n) is 12.5. The highest BCUT2D eigenvalue weighted by atomic mass is 16.6. The highest BCUT2D eigenvalue weighted by molar-refractivity contribution is 5.32. The van der Waals surface area contributed by atoms with E-state index in [0.29, 0.717) is 0 Å². The number of imidazole rings is 1. The van der Waals surface area contributed by atoms with Crippen LogP contribution < -0.4 is 5.32 Å². The minimum Gasteiger partial charge on any atom is -0.337 e. The van der Waals surface area contributed by atoms with Gasteiger partial charge in [0.25, 0.3) is 5.69 Å². The molecule has 2 heterocycles. The number of nitrogens with zero attached hydrogens (tertiary/aromatic N) is 4. The predicted octanol–water partition coefficient (Wildman–Crippen LogP) is 1.47. The molecule has 1 aliphatic rings. The van der Waals surface area contributed by atoms with E-state index in [1.807, 2.05) is 36.1 Å². The number of aryl methyl sites for hydroxylation is 1. The van der Waals surface area contributed by atoms with Crippen molar-refractivity contribution in [1.29, 1.82) is 0 Å². The number of benzene rings is 1. The normalized spacial score (nSPS) is 19.2. The first kappa shape index (κ1) is 14.7. The van der Waals surface area contributed by atoms with Gasteiger partial charge in [-0.25, -0.2) is 4.98 Å². The number of hydrogen-bond donors (Lipinski definition) is 1. The van der Waals surface area contributed by atoms with Crippen molar-refractivity contribution in [3.8, 4) is 0 Å². The largest absolute Gasteiger partial charge is 0.337 e. The minimum atomic E-state index is -0.370. The molecule has 7 nitrogen and oxygen atoms in total. The molecule has 0 saturated carbocycles. The van der Waals surface area contributed by atoms with Gasteiger partial charge in [0.1, 0.15) is 5.82 Å². The van der Waals surface area contributed by atoms with Gasteiger partial charge in [-0.3, -0.25) is 15.0 Å². The number of nitro groups is 1. The lowest BCUT2D eigenvalue weighted by atomic mass is 10.1. The van der Waals surface area contributed by atoms with E-state index in [9.17, 15) is 10.1 Å². The summed E-state index contributed by atoms with van der Waals surface area (Å²) < 4.78 is 2.04. The lowest BCUT2D eigenvalue weighted by molar-refractivity contribution is -0.384. The molecule has 1 aliphatic heterocycles. The van der Waals surface area contributed by atoms with Crippen LogP contribution >= 0.6 is 0 Å². The fourth-order valence-corrected chi connectivity index (χ4v) is 2.85. The molecule has 3 rings (SSSR count). The molecule has 1 saturated heterocycles. The molecule has 2 aromatic rings. The Morgan fingerprint density at radius 3 is 2.82 bits per heavy atom. The second-order valence-corrected chi connectivity index (χ2v) is 5.51. The third kappa shape index (κ3) is 3.00. The number of hydrogen-bond acceptors (Lipinski definition) is 5. The zero-order chi connectivity index (χ0) is 15.5.